The Balaban J connectivity index is 2.74. The van der Waals surface area contributed by atoms with E-state index >= 15 is 0 Å². The molecule has 0 saturated heterocycles. The van der Waals surface area contributed by atoms with Gasteiger partial charge < -0.3 is 10.3 Å². The molecule has 3 nitrogen and oxygen atoms in total. The van der Waals surface area contributed by atoms with Crippen LogP contribution in [0.1, 0.15) is 38.3 Å². The van der Waals surface area contributed by atoms with Crippen LogP contribution in [0.15, 0.2) is 10.6 Å². The Morgan fingerprint density at radius 1 is 1.58 bits per heavy atom. The van der Waals surface area contributed by atoms with Gasteiger partial charge in [-0.25, -0.2) is 0 Å². The molecule has 1 rings (SSSR count). The Hall–Kier alpha value is -0.830. The number of nitrogens with two attached hydrogens (primary N) is 1. The van der Waals surface area contributed by atoms with Gasteiger partial charge in [-0.05, 0) is 12.3 Å². The fraction of sp³-hybridized carbons (Fsp3) is 0.667. The number of rotatable bonds is 3. The summed E-state index contributed by atoms with van der Waals surface area (Å²) in [6.07, 6.45) is 0.897. The Labute approximate surface area is 72.9 Å². The standard InChI is InChI=1S/C9H16N2O/c1-4-7-5-8(12-11-7)9(10)6(2)3/h5-6,9H,4,10H2,1-3H3. The lowest BCUT2D eigenvalue weighted by Crippen LogP contribution is -2.15. The van der Waals surface area contributed by atoms with Gasteiger partial charge in [0.15, 0.2) is 5.76 Å². The van der Waals surface area contributed by atoms with Gasteiger partial charge in [-0.1, -0.05) is 25.9 Å². The molecule has 1 heterocycles. The minimum Gasteiger partial charge on any atom is -0.359 e. The van der Waals surface area contributed by atoms with Crippen molar-refractivity contribution in [1.82, 2.24) is 5.16 Å². The van der Waals surface area contributed by atoms with E-state index < -0.39 is 0 Å². The molecule has 68 valence electrons. The molecule has 0 amide bonds. The topological polar surface area (TPSA) is 52.0 Å². The van der Waals surface area contributed by atoms with E-state index in [1.807, 2.05) is 13.0 Å². The average molecular weight is 168 g/mol. The maximum atomic E-state index is 5.87. The van der Waals surface area contributed by atoms with Gasteiger partial charge in [0, 0.05) is 6.07 Å². The van der Waals surface area contributed by atoms with Gasteiger partial charge in [-0.15, -0.1) is 0 Å². The quantitative estimate of drug-likeness (QED) is 0.749. The molecule has 0 radical (unpaired) electrons. The molecular weight excluding hydrogens is 152 g/mol. The van der Waals surface area contributed by atoms with E-state index in [-0.39, 0.29) is 6.04 Å². The van der Waals surface area contributed by atoms with Gasteiger partial charge >= 0.3 is 0 Å². The first kappa shape index (κ1) is 9.26. The average Bonchev–Trinajstić information content (AvgIpc) is 2.50. The third-order valence-corrected chi connectivity index (χ3v) is 1.99. The predicted octanol–water partition coefficient (Wildman–Crippen LogP) is 1.89. The van der Waals surface area contributed by atoms with Crippen molar-refractivity contribution < 1.29 is 4.52 Å². The lowest BCUT2D eigenvalue weighted by atomic mass is 10.0. The van der Waals surface area contributed by atoms with Crippen LogP contribution in [0.2, 0.25) is 0 Å². The summed E-state index contributed by atoms with van der Waals surface area (Å²) in [6.45, 7) is 6.18. The van der Waals surface area contributed by atoms with Gasteiger partial charge in [0.1, 0.15) is 0 Å². The molecule has 0 aromatic carbocycles. The van der Waals surface area contributed by atoms with Gasteiger partial charge in [0.05, 0.1) is 11.7 Å². The minimum absolute atomic E-state index is 0.0298. The first-order valence-corrected chi connectivity index (χ1v) is 4.36. The zero-order valence-corrected chi connectivity index (χ0v) is 7.87. The molecule has 0 fully saturated rings. The Morgan fingerprint density at radius 2 is 2.25 bits per heavy atom. The molecule has 0 aliphatic rings. The minimum atomic E-state index is -0.0298. The van der Waals surface area contributed by atoms with Crippen molar-refractivity contribution in [2.75, 3.05) is 0 Å². The number of nitrogens with zero attached hydrogens (tertiary/aromatic N) is 1. The zero-order chi connectivity index (χ0) is 9.14. The first-order valence-electron chi connectivity index (χ1n) is 4.36. The van der Waals surface area contributed by atoms with Gasteiger partial charge in [0.25, 0.3) is 0 Å². The number of aryl methyl sites for hydroxylation is 1. The van der Waals surface area contributed by atoms with Crippen molar-refractivity contribution in [3.63, 3.8) is 0 Å². The van der Waals surface area contributed by atoms with Crippen LogP contribution in [0.4, 0.5) is 0 Å². The lowest BCUT2D eigenvalue weighted by molar-refractivity contribution is 0.329. The van der Waals surface area contributed by atoms with E-state index in [2.05, 4.69) is 19.0 Å². The molecule has 0 spiro atoms. The molecule has 2 N–H and O–H groups in total. The van der Waals surface area contributed by atoms with E-state index in [0.29, 0.717) is 5.92 Å². The van der Waals surface area contributed by atoms with Crippen LogP contribution in [0.5, 0.6) is 0 Å². The SMILES string of the molecule is CCc1cc(C(N)C(C)C)on1. The van der Waals surface area contributed by atoms with Crippen molar-refractivity contribution in [3.8, 4) is 0 Å². The van der Waals surface area contributed by atoms with Crippen LogP contribution in [0, 0.1) is 5.92 Å². The molecule has 12 heavy (non-hydrogen) atoms. The number of aromatic nitrogens is 1. The smallest absolute Gasteiger partial charge is 0.153 e. The van der Waals surface area contributed by atoms with E-state index in [4.69, 9.17) is 10.3 Å². The molecule has 0 bridgehead atoms. The third-order valence-electron chi connectivity index (χ3n) is 1.99. The highest BCUT2D eigenvalue weighted by atomic mass is 16.5. The zero-order valence-electron chi connectivity index (χ0n) is 7.87. The highest BCUT2D eigenvalue weighted by Crippen LogP contribution is 2.19. The monoisotopic (exact) mass is 168 g/mol. The van der Waals surface area contributed by atoms with Crippen molar-refractivity contribution in [2.45, 2.75) is 33.2 Å². The maximum absolute atomic E-state index is 5.87. The van der Waals surface area contributed by atoms with Gasteiger partial charge in [-0.3, -0.25) is 0 Å². The first-order chi connectivity index (χ1) is 5.65. The molecule has 1 aromatic rings. The summed E-state index contributed by atoms with van der Waals surface area (Å²) in [5, 5.41) is 3.88. The van der Waals surface area contributed by atoms with E-state index in [0.717, 1.165) is 17.9 Å². The number of hydrogen-bond donors (Lipinski definition) is 1. The predicted molar refractivity (Wildman–Crippen MR) is 47.6 cm³/mol. The van der Waals surface area contributed by atoms with E-state index in [1.54, 1.807) is 0 Å². The molecule has 1 atom stereocenters. The van der Waals surface area contributed by atoms with Crippen molar-refractivity contribution >= 4 is 0 Å². The summed E-state index contributed by atoms with van der Waals surface area (Å²) in [4.78, 5) is 0. The Morgan fingerprint density at radius 3 is 2.67 bits per heavy atom. The molecule has 1 aromatic heterocycles. The largest absolute Gasteiger partial charge is 0.359 e. The molecule has 1 unspecified atom stereocenters. The van der Waals surface area contributed by atoms with Crippen LogP contribution in [0.25, 0.3) is 0 Å². The van der Waals surface area contributed by atoms with Crippen LogP contribution in [-0.4, -0.2) is 5.16 Å². The van der Waals surface area contributed by atoms with Crippen molar-refractivity contribution in [2.24, 2.45) is 11.7 Å². The Kier molecular flexibility index (Phi) is 2.87. The van der Waals surface area contributed by atoms with Crippen LogP contribution >= 0.6 is 0 Å². The summed E-state index contributed by atoms with van der Waals surface area (Å²) in [6, 6.07) is 1.91. The number of hydrogen-bond acceptors (Lipinski definition) is 3. The normalized spacial score (nSPS) is 13.8. The molecule has 0 saturated carbocycles. The second-order valence-electron chi connectivity index (χ2n) is 3.34. The van der Waals surface area contributed by atoms with Crippen LogP contribution < -0.4 is 5.73 Å². The Bertz CT molecular complexity index is 242. The van der Waals surface area contributed by atoms with Crippen LogP contribution in [0.3, 0.4) is 0 Å². The summed E-state index contributed by atoms with van der Waals surface area (Å²) in [5.74, 6) is 1.18. The summed E-state index contributed by atoms with van der Waals surface area (Å²) < 4.78 is 5.10. The molecule has 0 aliphatic carbocycles. The summed E-state index contributed by atoms with van der Waals surface area (Å²) in [7, 11) is 0. The van der Waals surface area contributed by atoms with Crippen LogP contribution in [-0.2, 0) is 6.42 Å². The van der Waals surface area contributed by atoms with E-state index in [9.17, 15) is 0 Å². The lowest BCUT2D eigenvalue weighted by Gasteiger charge is -2.10. The summed E-state index contributed by atoms with van der Waals surface area (Å²) >= 11 is 0. The van der Waals surface area contributed by atoms with Crippen molar-refractivity contribution in [1.29, 1.82) is 0 Å². The van der Waals surface area contributed by atoms with Crippen molar-refractivity contribution in [3.05, 3.63) is 17.5 Å². The fourth-order valence-electron chi connectivity index (χ4n) is 0.980. The second-order valence-corrected chi connectivity index (χ2v) is 3.34. The molecule has 3 heteroatoms. The summed E-state index contributed by atoms with van der Waals surface area (Å²) in [5.41, 5.74) is 6.85. The van der Waals surface area contributed by atoms with Gasteiger partial charge in [-0.2, -0.15) is 0 Å². The highest BCUT2D eigenvalue weighted by Gasteiger charge is 2.15. The second kappa shape index (κ2) is 3.72. The van der Waals surface area contributed by atoms with E-state index in [1.165, 1.54) is 0 Å². The fourth-order valence-corrected chi connectivity index (χ4v) is 0.980. The molecule has 0 aliphatic heterocycles. The molecular formula is C9H16N2O. The highest BCUT2D eigenvalue weighted by molar-refractivity contribution is 5.09. The van der Waals surface area contributed by atoms with Gasteiger partial charge in [0.2, 0.25) is 0 Å². The maximum Gasteiger partial charge on any atom is 0.153 e. The third kappa shape index (κ3) is 1.85.